The summed E-state index contributed by atoms with van der Waals surface area (Å²) in [5, 5.41) is 32.3. The van der Waals surface area contributed by atoms with Crippen molar-refractivity contribution in [3.63, 3.8) is 0 Å². The lowest BCUT2D eigenvalue weighted by Gasteiger charge is -2.32. The summed E-state index contributed by atoms with van der Waals surface area (Å²) in [7, 11) is 0. The second kappa shape index (κ2) is 16.3. The van der Waals surface area contributed by atoms with Crippen molar-refractivity contribution < 1.29 is 20.1 Å². The number of hydrogen-bond donors (Lipinski definition) is 3. The van der Waals surface area contributed by atoms with E-state index in [9.17, 15) is 20.1 Å². The summed E-state index contributed by atoms with van der Waals surface area (Å²) in [5.41, 5.74) is 2.28. The highest BCUT2D eigenvalue weighted by Crippen LogP contribution is 2.28. The summed E-state index contributed by atoms with van der Waals surface area (Å²) in [5.74, 6) is -0.129. The van der Waals surface area contributed by atoms with E-state index in [0.29, 0.717) is 12.8 Å². The zero-order valence-electron chi connectivity index (χ0n) is 23.3. The number of carbonyl (C=O) groups excluding carboxylic acids is 1. The zero-order valence-corrected chi connectivity index (χ0v) is 23.3. The smallest absolute Gasteiger partial charge is 0.159 e. The molecule has 0 saturated carbocycles. The number of unbranched alkanes of at least 4 members (excludes halogenated alkanes) is 1. The van der Waals surface area contributed by atoms with Crippen molar-refractivity contribution >= 4 is 5.78 Å². The van der Waals surface area contributed by atoms with Gasteiger partial charge in [0.2, 0.25) is 0 Å². The van der Waals surface area contributed by atoms with E-state index in [4.69, 9.17) is 0 Å². The minimum absolute atomic E-state index is 0.0116. The lowest BCUT2D eigenvalue weighted by atomic mass is 9.80. The molecule has 4 nitrogen and oxygen atoms in total. The van der Waals surface area contributed by atoms with E-state index in [1.165, 1.54) is 0 Å². The molecule has 0 aromatic rings. The lowest BCUT2D eigenvalue weighted by molar-refractivity contribution is -0.114. The number of carbonyl (C=O) groups is 1. The molecule has 0 fully saturated rings. The number of allylic oxidation sites excluding steroid dienone is 6. The number of rotatable bonds is 16. The van der Waals surface area contributed by atoms with E-state index >= 15 is 0 Å². The van der Waals surface area contributed by atoms with Gasteiger partial charge < -0.3 is 15.3 Å². The Morgan fingerprint density at radius 3 is 2.26 bits per heavy atom. The van der Waals surface area contributed by atoms with Crippen LogP contribution >= 0.6 is 0 Å². The number of ketones is 1. The zero-order chi connectivity index (χ0) is 26.5. The van der Waals surface area contributed by atoms with Gasteiger partial charge >= 0.3 is 0 Å². The molecule has 0 aromatic carbocycles. The van der Waals surface area contributed by atoms with Crippen LogP contribution in [0.3, 0.4) is 0 Å². The minimum Gasteiger partial charge on any atom is -0.392 e. The molecule has 1 aliphatic carbocycles. The first-order valence-corrected chi connectivity index (χ1v) is 13.7. The van der Waals surface area contributed by atoms with E-state index in [1.807, 2.05) is 52.8 Å². The maximum Gasteiger partial charge on any atom is 0.159 e. The van der Waals surface area contributed by atoms with Gasteiger partial charge in [-0.2, -0.15) is 0 Å². The molecule has 4 heteroatoms. The van der Waals surface area contributed by atoms with Gasteiger partial charge in [-0.1, -0.05) is 95.9 Å². The lowest BCUT2D eigenvalue weighted by Crippen LogP contribution is -2.37. The number of aliphatic hydroxyl groups is 3. The maximum atomic E-state index is 12.3. The van der Waals surface area contributed by atoms with Gasteiger partial charge in [-0.15, -0.1) is 0 Å². The van der Waals surface area contributed by atoms with Crippen LogP contribution in [0.2, 0.25) is 0 Å². The number of hydrogen-bond acceptors (Lipinski definition) is 4. The van der Waals surface area contributed by atoms with Crippen molar-refractivity contribution in [2.75, 3.05) is 0 Å². The Labute approximate surface area is 214 Å². The molecule has 0 spiro atoms. The largest absolute Gasteiger partial charge is 0.392 e. The van der Waals surface area contributed by atoms with E-state index in [1.54, 1.807) is 6.08 Å². The molecule has 3 N–H and O–H groups in total. The monoisotopic (exact) mass is 488 g/mol. The molecule has 0 radical (unpaired) electrons. The number of aliphatic hydroxyl groups excluding tert-OH is 3. The van der Waals surface area contributed by atoms with Crippen LogP contribution in [-0.2, 0) is 4.79 Å². The summed E-state index contributed by atoms with van der Waals surface area (Å²) in [4.78, 5) is 12.3. The van der Waals surface area contributed by atoms with Crippen LogP contribution < -0.4 is 0 Å². The molecule has 1 aliphatic rings. The summed E-state index contributed by atoms with van der Waals surface area (Å²) in [6, 6.07) is 0. The molecule has 0 aliphatic heterocycles. The van der Waals surface area contributed by atoms with Crippen molar-refractivity contribution in [1.29, 1.82) is 0 Å². The average Bonchev–Trinajstić information content (AvgIpc) is 2.84. The summed E-state index contributed by atoms with van der Waals surface area (Å²) >= 11 is 0. The summed E-state index contributed by atoms with van der Waals surface area (Å²) in [6.45, 7) is 14.1. The third kappa shape index (κ3) is 11.4. The van der Waals surface area contributed by atoms with Gasteiger partial charge in [-0.25, -0.2) is 0 Å². The highest BCUT2D eigenvalue weighted by atomic mass is 16.3. The molecular formula is C31H52O4. The SMILES string of the molecule is CCCC[C@H](C)[C@H](O)[C@@H](C)[C@H](O)[C@@H](C)C/C(C)=C\[C@H](C)[C@@H](O)[C@@H](C)/C=C\C(=O)CC1=CC=CCC1. The first-order valence-electron chi connectivity index (χ1n) is 13.7. The third-order valence-corrected chi connectivity index (χ3v) is 7.61. The topological polar surface area (TPSA) is 77.8 Å². The fourth-order valence-corrected chi connectivity index (χ4v) is 5.11. The second-order valence-electron chi connectivity index (χ2n) is 11.2. The quantitative estimate of drug-likeness (QED) is 0.170. The van der Waals surface area contributed by atoms with Gasteiger partial charge in [-0.05, 0) is 50.5 Å². The normalized spacial score (nSPS) is 21.7. The summed E-state index contributed by atoms with van der Waals surface area (Å²) < 4.78 is 0. The molecule has 0 bridgehead atoms. The third-order valence-electron chi connectivity index (χ3n) is 7.61. The Balaban J connectivity index is 2.59. The average molecular weight is 489 g/mol. The molecule has 0 unspecified atom stereocenters. The first kappa shape index (κ1) is 31.5. The highest BCUT2D eigenvalue weighted by Gasteiger charge is 2.30. The molecule has 0 aromatic heterocycles. The van der Waals surface area contributed by atoms with Crippen molar-refractivity contribution in [3.05, 3.63) is 47.6 Å². The van der Waals surface area contributed by atoms with Crippen LogP contribution in [0, 0.1) is 29.6 Å². The van der Waals surface area contributed by atoms with Crippen LogP contribution in [0.1, 0.15) is 93.4 Å². The van der Waals surface area contributed by atoms with Gasteiger partial charge in [0.05, 0.1) is 18.3 Å². The predicted molar refractivity (Wildman–Crippen MR) is 147 cm³/mol. The maximum absolute atomic E-state index is 12.3. The van der Waals surface area contributed by atoms with Crippen molar-refractivity contribution in [2.45, 2.75) is 112 Å². The Morgan fingerprint density at radius 2 is 1.66 bits per heavy atom. The fourth-order valence-electron chi connectivity index (χ4n) is 5.11. The predicted octanol–water partition coefficient (Wildman–Crippen LogP) is 6.57. The molecule has 35 heavy (non-hydrogen) atoms. The summed E-state index contributed by atoms with van der Waals surface area (Å²) in [6.07, 6.45) is 16.2. The molecule has 0 saturated heterocycles. The van der Waals surface area contributed by atoms with Gasteiger partial charge in [0.15, 0.2) is 5.78 Å². The van der Waals surface area contributed by atoms with E-state index < -0.39 is 18.3 Å². The van der Waals surface area contributed by atoms with Gasteiger partial charge in [0.1, 0.15) is 0 Å². The molecule has 1 rings (SSSR count). The molecule has 200 valence electrons. The molecule has 0 amide bonds. The molecule has 8 atom stereocenters. The standard InChI is InChI=1S/C31H52O4/c1-8-9-13-22(3)30(34)26(7)31(35)25(6)19-21(2)18-24(5)29(33)23(4)16-17-28(32)20-27-14-11-10-12-15-27/h10-11,14,16-18,22-26,29-31,33-35H,8-9,12-13,15,19-20H2,1-7H3/b17-16-,21-18-/t22-,23-,24-,25-,26+,29-,30-,31+/m0/s1. The van der Waals surface area contributed by atoms with Crippen LogP contribution in [0.5, 0.6) is 0 Å². The first-order chi connectivity index (χ1) is 16.5. The van der Waals surface area contributed by atoms with Crippen LogP contribution in [0.15, 0.2) is 47.6 Å². The van der Waals surface area contributed by atoms with Crippen LogP contribution in [0.4, 0.5) is 0 Å². The van der Waals surface area contributed by atoms with E-state index in [-0.39, 0.29) is 35.4 Å². The Hall–Kier alpha value is -1.49. The van der Waals surface area contributed by atoms with Gasteiger partial charge in [0, 0.05) is 24.2 Å². The highest BCUT2D eigenvalue weighted by molar-refractivity contribution is 5.91. The Morgan fingerprint density at radius 1 is 1.00 bits per heavy atom. The van der Waals surface area contributed by atoms with Gasteiger partial charge in [0.25, 0.3) is 0 Å². The van der Waals surface area contributed by atoms with Crippen molar-refractivity contribution in [1.82, 2.24) is 0 Å². The fraction of sp³-hybridized carbons (Fsp3) is 0.710. The van der Waals surface area contributed by atoms with Crippen LogP contribution in [0.25, 0.3) is 0 Å². The Bertz CT molecular complexity index is 747. The molecular weight excluding hydrogens is 436 g/mol. The Kier molecular flexibility index (Phi) is 14.7. The van der Waals surface area contributed by atoms with Crippen molar-refractivity contribution in [2.24, 2.45) is 29.6 Å². The second-order valence-corrected chi connectivity index (χ2v) is 11.2. The van der Waals surface area contributed by atoms with Crippen molar-refractivity contribution in [3.8, 4) is 0 Å². The van der Waals surface area contributed by atoms with Gasteiger partial charge in [-0.3, -0.25) is 4.79 Å². The van der Waals surface area contributed by atoms with E-state index in [2.05, 4.69) is 26.0 Å². The minimum atomic E-state index is -0.591. The van der Waals surface area contributed by atoms with E-state index in [0.717, 1.165) is 43.3 Å². The van der Waals surface area contributed by atoms with Crippen LogP contribution in [-0.4, -0.2) is 39.4 Å². The molecule has 0 heterocycles.